The molecule has 5 rings (SSSR count). The molecule has 3 aromatic rings. The molecule has 0 spiro atoms. The van der Waals surface area contributed by atoms with Gasteiger partial charge in [-0.25, -0.2) is 9.79 Å². The molecular weight excluding hydrogens is 556 g/mol. The number of hydrogen-bond donors (Lipinski definition) is 2. The molecule has 0 amide bonds. The zero-order valence-corrected chi connectivity index (χ0v) is 27.9. The maximum atomic E-state index is 14.4. The van der Waals surface area contributed by atoms with Crippen LogP contribution >= 0.6 is 0 Å². The largest absolute Gasteiger partial charge is 0.458 e. The number of nitrogens with zero attached hydrogens (tertiary/aromatic N) is 2. The van der Waals surface area contributed by atoms with Gasteiger partial charge in [0.25, 0.3) is 0 Å². The van der Waals surface area contributed by atoms with E-state index in [2.05, 4.69) is 59.5 Å². The summed E-state index contributed by atoms with van der Waals surface area (Å²) < 4.78 is 6.62. The Hall–Kier alpha value is -4.37. The minimum Gasteiger partial charge on any atom is -0.458 e. The van der Waals surface area contributed by atoms with Crippen LogP contribution in [-0.4, -0.2) is 22.9 Å². The van der Waals surface area contributed by atoms with E-state index < -0.39 is 5.97 Å². The maximum absolute atomic E-state index is 14.4. The van der Waals surface area contributed by atoms with Crippen LogP contribution in [0.5, 0.6) is 0 Å². The molecule has 6 heteroatoms. The van der Waals surface area contributed by atoms with E-state index in [1.165, 1.54) is 0 Å². The van der Waals surface area contributed by atoms with E-state index in [0.29, 0.717) is 22.8 Å². The number of carbonyl (C=O) groups excluding carboxylic acids is 1. The van der Waals surface area contributed by atoms with Gasteiger partial charge in [0.15, 0.2) is 0 Å². The average Bonchev–Trinajstić information content (AvgIpc) is 3.48. The summed E-state index contributed by atoms with van der Waals surface area (Å²) in [5.74, 6) is 0.639. The fourth-order valence-corrected chi connectivity index (χ4v) is 7.20. The highest BCUT2D eigenvalue weighted by molar-refractivity contribution is 6.28. The van der Waals surface area contributed by atoms with Crippen LogP contribution in [0.15, 0.2) is 76.9 Å². The molecule has 234 valence electrons. The highest BCUT2D eigenvalue weighted by atomic mass is 16.5. The second-order valence-corrected chi connectivity index (χ2v) is 14.9. The highest BCUT2D eigenvalue weighted by Gasteiger charge is 2.48. The van der Waals surface area contributed by atoms with Gasteiger partial charge in [0.2, 0.25) is 0 Å². The van der Waals surface area contributed by atoms with Crippen molar-refractivity contribution in [3.63, 3.8) is 0 Å². The van der Waals surface area contributed by atoms with E-state index in [1.807, 2.05) is 73.7 Å². The van der Waals surface area contributed by atoms with Crippen LogP contribution in [0, 0.1) is 46.8 Å². The number of nitrogens with one attached hydrogen (secondary N) is 1. The van der Waals surface area contributed by atoms with Crippen molar-refractivity contribution in [2.45, 2.75) is 74.3 Å². The lowest BCUT2D eigenvalue weighted by molar-refractivity contribution is -0.164. The topological polar surface area (TPSA) is 104 Å². The van der Waals surface area contributed by atoms with Gasteiger partial charge in [0.05, 0.1) is 11.3 Å². The molecule has 2 aromatic carbocycles. The van der Waals surface area contributed by atoms with Gasteiger partial charge in [0, 0.05) is 34.4 Å². The molecule has 6 nitrogen and oxygen atoms in total. The minimum absolute atomic E-state index is 0.0437. The fourth-order valence-electron chi connectivity index (χ4n) is 7.20. The van der Waals surface area contributed by atoms with Crippen LogP contribution in [0.25, 0.3) is 22.8 Å². The Morgan fingerprint density at radius 3 is 2.00 bits per heavy atom. The van der Waals surface area contributed by atoms with Gasteiger partial charge >= 0.3 is 5.97 Å². The number of carbonyl (C=O) groups is 1. The van der Waals surface area contributed by atoms with Gasteiger partial charge in [-0.1, -0.05) is 109 Å². The van der Waals surface area contributed by atoms with Gasteiger partial charge in [-0.2, -0.15) is 5.26 Å². The molecule has 2 unspecified atom stereocenters. The number of hydrogen-bond acceptors (Lipinski definition) is 5. The second kappa shape index (κ2) is 12.2. The number of allylic oxidation sites excluding steroid dienone is 1. The predicted molar refractivity (Wildman–Crippen MR) is 183 cm³/mol. The van der Waals surface area contributed by atoms with Gasteiger partial charge < -0.3 is 15.5 Å². The predicted octanol–water partition coefficient (Wildman–Crippen LogP) is 8.69. The number of rotatable bonds is 5. The van der Waals surface area contributed by atoms with E-state index >= 15 is 0 Å². The zero-order valence-electron chi connectivity index (χ0n) is 27.9. The number of H-pyrrole nitrogens is 1. The number of amidine groups is 1. The molecule has 2 atom stereocenters. The third-order valence-electron chi connectivity index (χ3n) is 9.52. The van der Waals surface area contributed by atoms with Gasteiger partial charge in [-0.3, -0.25) is 0 Å². The maximum Gasteiger partial charge on any atom is 0.342 e. The van der Waals surface area contributed by atoms with Gasteiger partial charge in [-0.15, -0.1) is 0 Å². The number of aromatic amines is 1. The van der Waals surface area contributed by atoms with Crippen LogP contribution < -0.4 is 5.73 Å². The molecule has 1 saturated carbocycles. The van der Waals surface area contributed by atoms with Crippen LogP contribution in [0.4, 0.5) is 0 Å². The van der Waals surface area contributed by atoms with Crippen LogP contribution in [0.2, 0.25) is 0 Å². The van der Waals surface area contributed by atoms with Crippen molar-refractivity contribution in [3.8, 4) is 17.2 Å². The molecular formula is C39H46N4O2. The summed E-state index contributed by atoms with van der Waals surface area (Å²) in [5.41, 5.74) is 12.6. The first-order valence-corrected chi connectivity index (χ1v) is 16.0. The van der Waals surface area contributed by atoms with Gasteiger partial charge in [-0.05, 0) is 53.7 Å². The summed E-state index contributed by atoms with van der Waals surface area (Å²) in [6, 6.07) is 21.9. The molecule has 3 N–H and O–H groups in total. The van der Waals surface area contributed by atoms with Crippen molar-refractivity contribution in [2.24, 2.45) is 39.3 Å². The third kappa shape index (κ3) is 6.40. The molecule has 1 aliphatic carbocycles. The lowest BCUT2D eigenvalue weighted by Crippen LogP contribution is -2.49. The second-order valence-electron chi connectivity index (χ2n) is 14.9. The smallest absolute Gasteiger partial charge is 0.342 e. The van der Waals surface area contributed by atoms with Crippen LogP contribution in [-0.2, 0) is 9.53 Å². The van der Waals surface area contributed by atoms with Crippen LogP contribution in [0.1, 0.15) is 83.8 Å². The SMILES string of the molecule is Cc1[nH]c(/C=C2\N=C(N)C(C(=O)OC3C(C(C)(C)C)CC(C)CC3C(C)(C)C)=C2c2ccccc2)c(-c2ccccc2)c1C#N. The third-order valence-corrected chi connectivity index (χ3v) is 9.52. The number of aliphatic imine (C=N–C) groups is 1. The van der Waals surface area contributed by atoms with E-state index in [9.17, 15) is 10.1 Å². The van der Waals surface area contributed by atoms with Gasteiger partial charge in [0.1, 0.15) is 23.6 Å². The number of aromatic nitrogens is 1. The Kier molecular flexibility index (Phi) is 8.68. The first-order valence-electron chi connectivity index (χ1n) is 16.0. The summed E-state index contributed by atoms with van der Waals surface area (Å²) in [6.07, 6.45) is 3.64. The van der Waals surface area contributed by atoms with E-state index in [0.717, 1.165) is 40.9 Å². The Balaban J connectivity index is 1.65. The van der Waals surface area contributed by atoms with Crippen molar-refractivity contribution in [1.29, 1.82) is 5.26 Å². The number of benzene rings is 2. The summed E-state index contributed by atoms with van der Waals surface area (Å²) in [7, 11) is 0. The molecule has 1 fully saturated rings. The quantitative estimate of drug-likeness (QED) is 0.285. The number of nitriles is 1. The standard InChI is InChI=1S/C39H46N4O2/c1-23-19-28(38(3,4)5)35(29(20-23)39(6,7)8)45-37(44)34-33(26-17-13-10-14-18-26)31(43-36(34)41)21-30-32(25-15-11-9-12-16-25)27(22-40)24(2)42-30/h9-18,21,23,28-29,35,42H,19-20H2,1-8H3,(H2,41,43)/b31-21-. The number of nitrogens with two attached hydrogens (primary N) is 1. The molecule has 0 bridgehead atoms. The van der Waals surface area contributed by atoms with Crippen molar-refractivity contribution >= 4 is 23.5 Å². The summed E-state index contributed by atoms with van der Waals surface area (Å²) in [4.78, 5) is 22.6. The molecule has 0 saturated heterocycles. The normalized spacial score (nSPS) is 23.2. The van der Waals surface area contributed by atoms with Crippen molar-refractivity contribution in [1.82, 2.24) is 4.98 Å². The highest BCUT2D eigenvalue weighted by Crippen LogP contribution is 2.50. The lowest BCUT2D eigenvalue weighted by atomic mass is 9.59. The number of ether oxygens (including phenoxy) is 1. The molecule has 0 radical (unpaired) electrons. The molecule has 45 heavy (non-hydrogen) atoms. The number of esters is 1. The summed E-state index contributed by atoms with van der Waals surface area (Å²) in [5, 5.41) is 10.0. The van der Waals surface area contributed by atoms with E-state index in [1.54, 1.807) is 0 Å². The first kappa shape index (κ1) is 32.0. The zero-order chi connectivity index (χ0) is 32.7. The Morgan fingerprint density at radius 2 is 1.49 bits per heavy atom. The molecule has 1 aliphatic heterocycles. The summed E-state index contributed by atoms with van der Waals surface area (Å²) in [6.45, 7) is 17.7. The number of aryl methyl sites for hydroxylation is 1. The Morgan fingerprint density at radius 1 is 0.956 bits per heavy atom. The molecule has 1 aromatic heterocycles. The fraction of sp³-hybridized carbons (Fsp3) is 0.410. The Labute approximate surface area is 268 Å². The Bertz CT molecular complexity index is 1680. The van der Waals surface area contributed by atoms with Crippen molar-refractivity contribution in [2.75, 3.05) is 0 Å². The van der Waals surface area contributed by atoms with Crippen molar-refractivity contribution in [3.05, 3.63) is 94.4 Å². The average molecular weight is 603 g/mol. The lowest BCUT2D eigenvalue weighted by Gasteiger charge is -2.50. The van der Waals surface area contributed by atoms with E-state index in [4.69, 9.17) is 15.5 Å². The van der Waals surface area contributed by atoms with E-state index in [-0.39, 0.29) is 40.2 Å². The summed E-state index contributed by atoms with van der Waals surface area (Å²) >= 11 is 0. The van der Waals surface area contributed by atoms with Crippen LogP contribution in [0.3, 0.4) is 0 Å². The first-order chi connectivity index (χ1) is 21.2. The minimum atomic E-state index is -0.440. The molecule has 2 heterocycles. The monoisotopic (exact) mass is 602 g/mol. The molecule has 2 aliphatic rings. The van der Waals surface area contributed by atoms with Crippen molar-refractivity contribution < 1.29 is 9.53 Å².